The van der Waals surface area contributed by atoms with Crippen LogP contribution in [0.15, 0.2) is 18.2 Å². The van der Waals surface area contributed by atoms with Crippen LogP contribution in [-0.4, -0.2) is 28.9 Å². The van der Waals surface area contributed by atoms with Gasteiger partial charge in [0, 0.05) is 13.0 Å². The number of carbonyl (C=O) groups is 2. The molecule has 6 heteroatoms. The maximum Gasteiger partial charge on any atom is 0.307 e. The molecule has 1 aromatic rings. The number of halogens is 2. The van der Waals surface area contributed by atoms with Gasteiger partial charge in [-0.15, -0.1) is 0 Å². The van der Waals surface area contributed by atoms with E-state index in [4.69, 9.17) is 5.11 Å². The van der Waals surface area contributed by atoms with Gasteiger partial charge >= 0.3 is 5.97 Å². The Hall–Kier alpha value is -1.98. The third-order valence-electron chi connectivity index (χ3n) is 3.88. The number of aliphatic carboxylic acids is 1. The number of benzene rings is 1. The molecule has 4 nitrogen and oxygen atoms in total. The van der Waals surface area contributed by atoms with Gasteiger partial charge in [-0.1, -0.05) is 19.9 Å². The van der Waals surface area contributed by atoms with E-state index in [2.05, 4.69) is 0 Å². The Bertz CT molecular complexity index is 548. The zero-order valence-corrected chi connectivity index (χ0v) is 12.4. The van der Waals surface area contributed by atoms with E-state index in [1.54, 1.807) is 6.92 Å². The summed E-state index contributed by atoms with van der Waals surface area (Å²) in [5.74, 6) is -4.87. The molecule has 0 heterocycles. The predicted octanol–water partition coefficient (Wildman–Crippen LogP) is 2.84. The second-order valence-corrected chi connectivity index (χ2v) is 5.21. The maximum absolute atomic E-state index is 13.2. The highest BCUT2D eigenvalue weighted by Crippen LogP contribution is 2.24. The lowest BCUT2D eigenvalue weighted by molar-refractivity contribution is -0.149. The first-order valence-corrected chi connectivity index (χ1v) is 6.61. The fraction of sp³-hybridized carbons (Fsp3) is 0.467. The third kappa shape index (κ3) is 3.77. The van der Waals surface area contributed by atoms with Gasteiger partial charge < -0.3 is 10.0 Å². The Morgan fingerprint density at radius 1 is 1.10 bits per heavy atom. The summed E-state index contributed by atoms with van der Waals surface area (Å²) < 4.78 is 26.2. The number of carbonyl (C=O) groups excluding carboxylic acids is 1. The summed E-state index contributed by atoms with van der Waals surface area (Å²) in [6.45, 7) is 4.67. The van der Waals surface area contributed by atoms with E-state index in [1.165, 1.54) is 31.9 Å². The molecule has 0 spiro atoms. The molecule has 21 heavy (non-hydrogen) atoms. The summed E-state index contributed by atoms with van der Waals surface area (Å²) in [7, 11) is 1.51. The molecule has 0 aliphatic rings. The maximum atomic E-state index is 13.2. The van der Waals surface area contributed by atoms with Gasteiger partial charge in [0.2, 0.25) is 5.91 Å². The first kappa shape index (κ1) is 17.1. The van der Waals surface area contributed by atoms with Crippen molar-refractivity contribution in [2.75, 3.05) is 7.05 Å². The molecule has 0 aliphatic heterocycles. The zero-order chi connectivity index (χ0) is 16.3. The number of carboxylic acids is 1. The van der Waals surface area contributed by atoms with Gasteiger partial charge in [0.05, 0.1) is 12.0 Å². The predicted molar refractivity (Wildman–Crippen MR) is 73.5 cm³/mol. The summed E-state index contributed by atoms with van der Waals surface area (Å²) in [5, 5.41) is 8.94. The number of carboxylic acid groups (broad SMARTS) is 1. The average molecular weight is 299 g/mol. The van der Waals surface area contributed by atoms with Crippen LogP contribution in [0, 0.1) is 23.5 Å². The Balaban J connectivity index is 2.91. The number of hydrogen-bond donors (Lipinski definition) is 1. The first-order valence-electron chi connectivity index (χ1n) is 6.61. The molecule has 1 amide bonds. The van der Waals surface area contributed by atoms with Crippen LogP contribution in [0.4, 0.5) is 8.78 Å². The monoisotopic (exact) mass is 299 g/mol. The first-order chi connectivity index (χ1) is 9.66. The van der Waals surface area contributed by atoms with Crippen LogP contribution in [0.2, 0.25) is 0 Å². The molecular formula is C15H19F2NO3. The second kappa shape index (κ2) is 6.65. The summed E-state index contributed by atoms with van der Waals surface area (Å²) in [4.78, 5) is 24.5. The van der Waals surface area contributed by atoms with Gasteiger partial charge in [-0.25, -0.2) is 8.78 Å². The lowest BCUT2D eigenvalue weighted by atomic mass is 9.94. The number of hydrogen-bond acceptors (Lipinski definition) is 2. The molecule has 0 saturated carbocycles. The quantitative estimate of drug-likeness (QED) is 0.909. The summed E-state index contributed by atoms with van der Waals surface area (Å²) in [6.07, 6.45) is 0. The normalized spacial score (nSPS) is 15.1. The Morgan fingerprint density at radius 2 is 1.67 bits per heavy atom. The number of nitrogens with zero attached hydrogens (tertiary/aromatic N) is 1. The standard InChI is InChI=1S/C15H19F2NO3/c1-8(9(2)15(20)21)14(19)18(4)10(3)11-5-6-12(16)13(17)7-11/h5-10H,1-4H3,(H,20,21). The molecule has 1 aromatic carbocycles. The summed E-state index contributed by atoms with van der Waals surface area (Å²) in [5.41, 5.74) is 0.444. The van der Waals surface area contributed by atoms with Crippen LogP contribution < -0.4 is 0 Å². The molecule has 0 saturated heterocycles. The van der Waals surface area contributed by atoms with E-state index < -0.39 is 35.5 Å². The average Bonchev–Trinajstić information content (AvgIpc) is 2.46. The van der Waals surface area contributed by atoms with Crippen molar-refractivity contribution in [1.29, 1.82) is 0 Å². The largest absolute Gasteiger partial charge is 0.481 e. The molecule has 0 aromatic heterocycles. The van der Waals surface area contributed by atoms with Crippen molar-refractivity contribution in [2.45, 2.75) is 26.8 Å². The lowest BCUT2D eigenvalue weighted by Crippen LogP contribution is -2.38. The van der Waals surface area contributed by atoms with E-state index in [-0.39, 0.29) is 5.91 Å². The molecule has 0 aliphatic carbocycles. The van der Waals surface area contributed by atoms with Crippen molar-refractivity contribution < 1.29 is 23.5 Å². The van der Waals surface area contributed by atoms with E-state index in [1.807, 2.05) is 0 Å². The molecule has 116 valence electrons. The lowest BCUT2D eigenvalue weighted by Gasteiger charge is -2.29. The van der Waals surface area contributed by atoms with E-state index >= 15 is 0 Å². The molecule has 1 rings (SSSR count). The zero-order valence-electron chi connectivity index (χ0n) is 12.4. The van der Waals surface area contributed by atoms with Crippen molar-refractivity contribution in [3.63, 3.8) is 0 Å². The third-order valence-corrected chi connectivity index (χ3v) is 3.88. The topological polar surface area (TPSA) is 57.6 Å². The van der Waals surface area contributed by atoms with Gasteiger partial charge in [0.25, 0.3) is 0 Å². The molecule has 3 unspecified atom stereocenters. The molecule has 0 fully saturated rings. The Labute approximate surface area is 122 Å². The smallest absolute Gasteiger partial charge is 0.307 e. The van der Waals surface area contributed by atoms with Crippen LogP contribution in [-0.2, 0) is 9.59 Å². The second-order valence-electron chi connectivity index (χ2n) is 5.21. The fourth-order valence-electron chi connectivity index (χ4n) is 1.94. The van der Waals surface area contributed by atoms with Crippen molar-refractivity contribution in [3.05, 3.63) is 35.4 Å². The highest BCUT2D eigenvalue weighted by Gasteiger charge is 2.30. The van der Waals surface area contributed by atoms with Crippen LogP contribution in [0.1, 0.15) is 32.4 Å². The highest BCUT2D eigenvalue weighted by molar-refractivity contribution is 5.84. The van der Waals surface area contributed by atoms with Crippen LogP contribution in [0.25, 0.3) is 0 Å². The van der Waals surface area contributed by atoms with Gasteiger partial charge in [0.15, 0.2) is 11.6 Å². The van der Waals surface area contributed by atoms with E-state index in [9.17, 15) is 18.4 Å². The molecule has 0 bridgehead atoms. The van der Waals surface area contributed by atoms with Crippen LogP contribution in [0.5, 0.6) is 0 Å². The summed E-state index contributed by atoms with van der Waals surface area (Å²) in [6, 6.07) is 2.95. The highest BCUT2D eigenvalue weighted by atomic mass is 19.2. The number of rotatable bonds is 5. The van der Waals surface area contributed by atoms with Crippen LogP contribution >= 0.6 is 0 Å². The minimum absolute atomic E-state index is 0.359. The van der Waals surface area contributed by atoms with Gasteiger partial charge in [-0.2, -0.15) is 0 Å². The number of amides is 1. The minimum Gasteiger partial charge on any atom is -0.481 e. The van der Waals surface area contributed by atoms with Crippen molar-refractivity contribution in [3.8, 4) is 0 Å². The molecular weight excluding hydrogens is 280 g/mol. The van der Waals surface area contributed by atoms with Crippen LogP contribution in [0.3, 0.4) is 0 Å². The minimum atomic E-state index is -1.05. The van der Waals surface area contributed by atoms with Gasteiger partial charge in [-0.05, 0) is 24.6 Å². The molecule has 3 atom stereocenters. The van der Waals surface area contributed by atoms with Crippen molar-refractivity contribution in [2.24, 2.45) is 11.8 Å². The van der Waals surface area contributed by atoms with Crippen molar-refractivity contribution >= 4 is 11.9 Å². The van der Waals surface area contributed by atoms with Gasteiger partial charge in [0.1, 0.15) is 0 Å². The van der Waals surface area contributed by atoms with E-state index in [0.717, 1.165) is 12.1 Å². The Morgan fingerprint density at radius 3 is 2.14 bits per heavy atom. The van der Waals surface area contributed by atoms with E-state index in [0.29, 0.717) is 5.56 Å². The Kier molecular flexibility index (Phi) is 5.41. The SMILES string of the molecule is CC(C(=O)O)C(C)C(=O)N(C)C(C)c1ccc(F)c(F)c1. The fourth-order valence-corrected chi connectivity index (χ4v) is 1.94. The van der Waals surface area contributed by atoms with Gasteiger partial charge in [-0.3, -0.25) is 9.59 Å². The molecule has 0 radical (unpaired) electrons. The summed E-state index contributed by atoms with van der Waals surface area (Å²) >= 11 is 0. The molecule has 1 N–H and O–H groups in total. The van der Waals surface area contributed by atoms with Crippen molar-refractivity contribution in [1.82, 2.24) is 4.90 Å².